The van der Waals surface area contributed by atoms with Crippen molar-refractivity contribution in [1.82, 2.24) is 5.32 Å². The number of amides is 1. The van der Waals surface area contributed by atoms with Gasteiger partial charge in [-0.05, 0) is 45.9 Å². The number of benzene rings is 1. The van der Waals surface area contributed by atoms with Crippen LogP contribution in [0.5, 0.6) is 0 Å². The summed E-state index contributed by atoms with van der Waals surface area (Å²) < 4.78 is 10.4. The molecule has 0 heterocycles. The monoisotopic (exact) mass is 333 g/mol. The first-order valence-electron chi connectivity index (χ1n) is 7.60. The van der Waals surface area contributed by atoms with Crippen LogP contribution in [0, 0.1) is 0 Å². The van der Waals surface area contributed by atoms with Gasteiger partial charge in [0.1, 0.15) is 24.0 Å². The van der Waals surface area contributed by atoms with E-state index in [1.807, 2.05) is 0 Å². The number of aldehydes is 1. The minimum atomic E-state index is -1.05. The van der Waals surface area contributed by atoms with E-state index in [1.54, 1.807) is 64.1 Å². The maximum absolute atomic E-state index is 12.1. The van der Waals surface area contributed by atoms with Crippen LogP contribution in [0.1, 0.15) is 38.1 Å². The second kappa shape index (κ2) is 8.86. The molecule has 1 amide bonds. The van der Waals surface area contributed by atoms with Crippen molar-refractivity contribution < 1.29 is 23.9 Å². The number of hydrogen-bond donors (Lipinski definition) is 1. The van der Waals surface area contributed by atoms with Crippen LogP contribution in [0.3, 0.4) is 0 Å². The fraction of sp³-hybridized carbons (Fsp3) is 0.389. The molecule has 1 rings (SSSR count). The van der Waals surface area contributed by atoms with Gasteiger partial charge in [0.25, 0.3) is 0 Å². The van der Waals surface area contributed by atoms with Crippen molar-refractivity contribution in [3.05, 3.63) is 48.0 Å². The van der Waals surface area contributed by atoms with Gasteiger partial charge in [0, 0.05) is 0 Å². The van der Waals surface area contributed by atoms with Crippen LogP contribution in [0.25, 0.3) is 0 Å². The molecule has 6 heteroatoms. The van der Waals surface area contributed by atoms with Crippen LogP contribution in [-0.2, 0) is 14.3 Å². The van der Waals surface area contributed by atoms with Crippen LogP contribution in [0.15, 0.2) is 42.5 Å². The Morgan fingerprint density at radius 2 is 1.79 bits per heavy atom. The molecule has 0 aromatic heterocycles. The third-order valence-electron chi connectivity index (χ3n) is 2.82. The Balaban J connectivity index is 2.82. The second-order valence-electron chi connectivity index (χ2n) is 6.07. The maximum Gasteiger partial charge on any atom is 0.408 e. The van der Waals surface area contributed by atoms with Crippen LogP contribution in [0.4, 0.5) is 4.79 Å². The summed E-state index contributed by atoms with van der Waals surface area (Å²) in [5.41, 5.74) is -0.345. The van der Waals surface area contributed by atoms with Crippen LogP contribution >= 0.6 is 0 Å². The highest BCUT2D eigenvalue weighted by Gasteiger charge is 2.27. The van der Waals surface area contributed by atoms with E-state index in [2.05, 4.69) is 5.32 Å². The van der Waals surface area contributed by atoms with E-state index >= 15 is 0 Å². The van der Waals surface area contributed by atoms with E-state index in [-0.39, 0.29) is 0 Å². The number of esters is 1. The van der Waals surface area contributed by atoms with Gasteiger partial charge in [-0.25, -0.2) is 9.59 Å². The summed E-state index contributed by atoms with van der Waals surface area (Å²) in [7, 11) is 0. The number of nitrogens with one attached hydrogen (secondary N) is 1. The first kappa shape index (κ1) is 19.4. The quantitative estimate of drug-likeness (QED) is 0.492. The number of alkyl carbamates (subject to hydrolysis) is 1. The van der Waals surface area contributed by atoms with Gasteiger partial charge in [0.15, 0.2) is 0 Å². The molecule has 0 unspecified atom stereocenters. The topological polar surface area (TPSA) is 81.7 Å². The number of ether oxygens (including phenoxy) is 2. The average Bonchev–Trinajstić information content (AvgIpc) is 2.51. The molecule has 0 radical (unpaired) electrons. The summed E-state index contributed by atoms with van der Waals surface area (Å²) in [6, 6.07) is 7.34. The predicted molar refractivity (Wildman–Crippen MR) is 89.7 cm³/mol. The molecule has 6 nitrogen and oxygen atoms in total. The van der Waals surface area contributed by atoms with Gasteiger partial charge in [-0.15, -0.1) is 0 Å². The zero-order valence-corrected chi connectivity index (χ0v) is 14.3. The SMILES string of the molecule is C/C=C/[C@H](OC(=O)c1ccccc1)[C@H](C=O)NC(=O)OC(C)(C)C. The van der Waals surface area contributed by atoms with Gasteiger partial charge in [0.2, 0.25) is 0 Å². The zero-order valence-electron chi connectivity index (χ0n) is 14.3. The molecule has 0 saturated carbocycles. The highest BCUT2D eigenvalue weighted by atomic mass is 16.6. The normalized spacial score (nSPS) is 13.8. The van der Waals surface area contributed by atoms with Gasteiger partial charge in [-0.1, -0.05) is 24.3 Å². The lowest BCUT2D eigenvalue weighted by molar-refractivity contribution is -0.111. The van der Waals surface area contributed by atoms with E-state index in [4.69, 9.17) is 9.47 Å². The number of allylic oxidation sites excluding steroid dienone is 1. The van der Waals surface area contributed by atoms with E-state index in [0.29, 0.717) is 11.8 Å². The molecule has 1 N–H and O–H groups in total. The average molecular weight is 333 g/mol. The van der Waals surface area contributed by atoms with E-state index in [1.165, 1.54) is 6.08 Å². The Morgan fingerprint density at radius 1 is 1.17 bits per heavy atom. The Hall–Kier alpha value is -2.63. The Bertz CT molecular complexity index is 589. The molecule has 1 aromatic carbocycles. The molecule has 2 atom stereocenters. The van der Waals surface area contributed by atoms with Crippen molar-refractivity contribution in [3.8, 4) is 0 Å². The molecule has 0 fully saturated rings. The lowest BCUT2D eigenvalue weighted by Gasteiger charge is -2.24. The minimum absolute atomic E-state index is 0.355. The molecule has 0 aliphatic carbocycles. The molecular formula is C18H23NO5. The molecule has 0 aliphatic rings. The van der Waals surface area contributed by atoms with Gasteiger partial charge >= 0.3 is 12.1 Å². The summed E-state index contributed by atoms with van der Waals surface area (Å²) in [5.74, 6) is -0.587. The summed E-state index contributed by atoms with van der Waals surface area (Å²) in [6.07, 6.45) is 1.97. The van der Waals surface area contributed by atoms with Crippen LogP contribution in [-0.4, -0.2) is 36.1 Å². The van der Waals surface area contributed by atoms with Crippen molar-refractivity contribution >= 4 is 18.3 Å². The lowest BCUT2D eigenvalue weighted by atomic mass is 10.1. The second-order valence-corrected chi connectivity index (χ2v) is 6.07. The Morgan fingerprint density at radius 3 is 2.29 bits per heavy atom. The first-order valence-corrected chi connectivity index (χ1v) is 7.60. The van der Waals surface area contributed by atoms with Gasteiger partial charge in [0.05, 0.1) is 5.56 Å². The molecule has 0 bridgehead atoms. The van der Waals surface area contributed by atoms with Crippen molar-refractivity contribution in [2.45, 2.75) is 45.4 Å². The van der Waals surface area contributed by atoms with Crippen LogP contribution in [0.2, 0.25) is 0 Å². The molecule has 24 heavy (non-hydrogen) atoms. The summed E-state index contributed by atoms with van der Waals surface area (Å²) >= 11 is 0. The van der Waals surface area contributed by atoms with E-state index in [0.717, 1.165) is 0 Å². The summed E-state index contributed by atoms with van der Waals surface area (Å²) in [6.45, 7) is 6.85. The third kappa shape index (κ3) is 6.64. The summed E-state index contributed by atoms with van der Waals surface area (Å²) in [5, 5.41) is 2.41. The largest absolute Gasteiger partial charge is 0.452 e. The number of carbonyl (C=O) groups excluding carboxylic acids is 3. The number of hydrogen-bond acceptors (Lipinski definition) is 5. The summed E-state index contributed by atoms with van der Waals surface area (Å²) in [4.78, 5) is 35.3. The van der Waals surface area contributed by atoms with E-state index < -0.39 is 29.8 Å². The zero-order chi connectivity index (χ0) is 18.2. The van der Waals surface area contributed by atoms with Crippen LogP contribution < -0.4 is 5.32 Å². The highest BCUT2D eigenvalue weighted by Crippen LogP contribution is 2.10. The third-order valence-corrected chi connectivity index (χ3v) is 2.82. The van der Waals surface area contributed by atoms with Crippen molar-refractivity contribution in [2.24, 2.45) is 0 Å². The lowest BCUT2D eigenvalue weighted by Crippen LogP contribution is -2.47. The van der Waals surface area contributed by atoms with Gasteiger partial charge < -0.3 is 19.6 Å². The van der Waals surface area contributed by atoms with Gasteiger partial charge in [-0.2, -0.15) is 0 Å². The Kier molecular flexibility index (Phi) is 7.17. The molecule has 0 spiro atoms. The molecule has 0 aliphatic heterocycles. The van der Waals surface area contributed by atoms with Gasteiger partial charge in [-0.3, -0.25) is 0 Å². The molecule has 130 valence electrons. The van der Waals surface area contributed by atoms with E-state index in [9.17, 15) is 14.4 Å². The first-order chi connectivity index (χ1) is 11.3. The standard InChI is InChI=1S/C18H23NO5/c1-5-9-15(23-16(21)13-10-7-6-8-11-13)14(12-20)19-17(22)24-18(2,3)4/h5-12,14-15H,1-4H3,(H,19,22)/b9-5+/t14-,15-/m0/s1. The maximum atomic E-state index is 12.1. The fourth-order valence-electron chi connectivity index (χ4n) is 1.83. The Labute approximate surface area is 141 Å². The van der Waals surface area contributed by atoms with Crippen molar-refractivity contribution in [2.75, 3.05) is 0 Å². The highest BCUT2D eigenvalue weighted by molar-refractivity contribution is 5.89. The molecular weight excluding hydrogens is 310 g/mol. The molecule has 1 aromatic rings. The van der Waals surface area contributed by atoms with Crippen molar-refractivity contribution in [3.63, 3.8) is 0 Å². The minimum Gasteiger partial charge on any atom is -0.452 e. The number of rotatable bonds is 6. The smallest absolute Gasteiger partial charge is 0.408 e. The molecule has 0 saturated heterocycles. The van der Waals surface area contributed by atoms with Crippen molar-refractivity contribution in [1.29, 1.82) is 0 Å². The number of carbonyl (C=O) groups is 3. The fourth-order valence-corrected chi connectivity index (χ4v) is 1.83. The predicted octanol–water partition coefficient (Wildman–Crippen LogP) is 2.88.